The van der Waals surface area contributed by atoms with Crippen molar-refractivity contribution in [2.24, 2.45) is 0 Å². The highest BCUT2D eigenvalue weighted by atomic mass is 32.2. The largest absolute Gasteiger partial charge is 0.208 e. The minimum Gasteiger partial charge on any atom is -0.208 e. The Kier molecular flexibility index (Phi) is 8.20. The van der Waals surface area contributed by atoms with Gasteiger partial charge in [0.25, 0.3) is 0 Å². The second-order valence-electron chi connectivity index (χ2n) is 17.8. The average molecular weight is 870 g/mol. The van der Waals surface area contributed by atoms with Gasteiger partial charge in [-0.25, -0.2) is 15.0 Å². The summed E-state index contributed by atoms with van der Waals surface area (Å²) in [6.07, 6.45) is 6.36. The fourth-order valence-corrected chi connectivity index (χ4v) is 13.1. The molecule has 1 aromatic heterocycles. The zero-order valence-electron chi connectivity index (χ0n) is 36.3. The molecule has 312 valence electrons. The lowest BCUT2D eigenvalue weighted by atomic mass is 9.52. The van der Waals surface area contributed by atoms with Gasteiger partial charge in [-0.2, -0.15) is 0 Å². The van der Waals surface area contributed by atoms with Crippen LogP contribution in [-0.2, 0) is 10.8 Å². The monoisotopic (exact) mass is 869 g/mol. The molecule has 0 bridgehead atoms. The maximum atomic E-state index is 5.35. The first kappa shape index (κ1) is 38.1. The molecule has 1 aliphatic heterocycles. The number of fused-ring (bicyclic) bond motifs is 19. The normalized spacial score (nSPS) is 15.9. The molecule has 3 nitrogen and oxygen atoms in total. The molecule has 10 aromatic rings. The van der Waals surface area contributed by atoms with Crippen molar-refractivity contribution >= 4 is 28.1 Å². The first-order chi connectivity index (χ1) is 33.2. The summed E-state index contributed by atoms with van der Waals surface area (Å²) in [6, 6.07) is 73.4. The van der Waals surface area contributed by atoms with Crippen molar-refractivity contribution in [1.29, 1.82) is 0 Å². The molecular formula is C63H39N3S. The van der Waals surface area contributed by atoms with E-state index in [1.807, 2.05) is 18.2 Å². The van der Waals surface area contributed by atoms with Crippen LogP contribution < -0.4 is 0 Å². The van der Waals surface area contributed by atoms with Gasteiger partial charge in [-0.1, -0.05) is 231 Å². The Balaban J connectivity index is 1.08. The molecule has 0 saturated heterocycles. The van der Waals surface area contributed by atoms with Crippen LogP contribution >= 0.6 is 11.8 Å². The molecule has 9 aromatic carbocycles. The number of thioether (sulfide) groups is 1. The Morgan fingerprint density at radius 2 is 0.910 bits per heavy atom. The molecule has 67 heavy (non-hydrogen) atoms. The van der Waals surface area contributed by atoms with Crippen molar-refractivity contribution in [1.82, 2.24) is 15.0 Å². The topological polar surface area (TPSA) is 38.7 Å². The van der Waals surface area contributed by atoms with Crippen LogP contribution in [0.5, 0.6) is 0 Å². The minimum atomic E-state index is -0.689. The van der Waals surface area contributed by atoms with E-state index in [1.165, 1.54) is 71.7 Å². The summed E-state index contributed by atoms with van der Waals surface area (Å²) in [5.41, 5.74) is 19.1. The van der Waals surface area contributed by atoms with E-state index in [0.717, 1.165) is 38.6 Å². The van der Waals surface area contributed by atoms with Crippen molar-refractivity contribution in [2.45, 2.75) is 15.7 Å². The number of hydrogen-bond donors (Lipinski definition) is 0. The molecule has 0 saturated carbocycles. The molecule has 14 rings (SSSR count). The van der Waals surface area contributed by atoms with Crippen LogP contribution in [-0.4, -0.2) is 15.0 Å². The maximum Gasteiger partial charge on any atom is 0.164 e. The third kappa shape index (κ3) is 5.16. The average Bonchev–Trinajstić information content (AvgIpc) is 3.85. The van der Waals surface area contributed by atoms with Gasteiger partial charge >= 0.3 is 0 Å². The van der Waals surface area contributed by atoms with Crippen molar-refractivity contribution in [2.75, 3.05) is 0 Å². The molecule has 4 heteroatoms. The highest BCUT2D eigenvalue weighted by molar-refractivity contribution is 8.02. The van der Waals surface area contributed by atoms with E-state index in [-0.39, 0.29) is 0 Å². The fourth-order valence-electron chi connectivity index (χ4n) is 12.0. The Bertz CT molecular complexity index is 3720. The van der Waals surface area contributed by atoms with Gasteiger partial charge in [-0.15, -0.1) is 0 Å². The second kappa shape index (κ2) is 14.4. The molecule has 0 N–H and O–H groups in total. The lowest BCUT2D eigenvalue weighted by molar-refractivity contribution is 0.626. The Labute approximate surface area is 393 Å². The van der Waals surface area contributed by atoms with E-state index in [2.05, 4.69) is 212 Å². The number of rotatable bonds is 3. The zero-order valence-corrected chi connectivity index (χ0v) is 37.1. The van der Waals surface area contributed by atoms with Crippen LogP contribution in [0, 0.1) is 0 Å². The van der Waals surface area contributed by atoms with Crippen LogP contribution in [0.25, 0.3) is 72.8 Å². The fraction of sp³-hybridized carbons (Fsp3) is 0.0317. The molecule has 3 aliphatic carbocycles. The molecule has 4 aliphatic rings. The molecule has 0 fully saturated rings. The van der Waals surface area contributed by atoms with Crippen LogP contribution in [0.2, 0.25) is 0 Å². The van der Waals surface area contributed by atoms with E-state index in [4.69, 9.17) is 15.0 Å². The summed E-state index contributed by atoms with van der Waals surface area (Å²) >= 11 is 1.80. The summed E-state index contributed by atoms with van der Waals surface area (Å²) < 4.78 is 0. The lowest BCUT2D eigenvalue weighted by Crippen LogP contribution is -2.44. The molecule has 0 radical (unpaired) electrons. The van der Waals surface area contributed by atoms with Gasteiger partial charge in [-0.05, 0) is 100 Å². The number of aromatic nitrogens is 3. The van der Waals surface area contributed by atoms with E-state index in [1.54, 1.807) is 11.8 Å². The van der Waals surface area contributed by atoms with Gasteiger partial charge in [0.15, 0.2) is 17.5 Å². The van der Waals surface area contributed by atoms with Crippen molar-refractivity contribution < 1.29 is 0 Å². The number of nitrogens with zero attached hydrogens (tertiary/aromatic N) is 3. The molecule has 2 spiro atoms. The van der Waals surface area contributed by atoms with E-state index in [9.17, 15) is 0 Å². The third-order valence-corrected chi connectivity index (χ3v) is 15.6. The third-order valence-electron chi connectivity index (χ3n) is 14.6. The molecule has 0 atom stereocenters. The molecule has 2 heterocycles. The Morgan fingerprint density at radius 1 is 0.373 bits per heavy atom. The SMILES string of the molecule is C=C1/C=C\C=C/Sc2c1ccc1c2C2(c3ccc(-c4nc(-c5ccccc5)nc(-c5cccc6ccccc56)n4)cc3-1)c1ccccc1C1(c3ccccc3-c3ccccc31)c1ccccc12. The van der Waals surface area contributed by atoms with Gasteiger partial charge in [0.2, 0.25) is 0 Å². The zero-order chi connectivity index (χ0) is 44.3. The maximum absolute atomic E-state index is 5.35. The Morgan fingerprint density at radius 3 is 1.63 bits per heavy atom. The predicted octanol–water partition coefficient (Wildman–Crippen LogP) is 15.3. The first-order valence-electron chi connectivity index (χ1n) is 22.9. The minimum absolute atomic E-state index is 0.534. The number of hydrogen-bond acceptors (Lipinski definition) is 4. The summed E-state index contributed by atoms with van der Waals surface area (Å²) in [6.45, 7) is 4.64. The van der Waals surface area contributed by atoms with Gasteiger partial charge in [0.05, 0.1) is 10.8 Å². The summed E-state index contributed by atoms with van der Waals surface area (Å²) in [7, 11) is 0. The van der Waals surface area contributed by atoms with Crippen LogP contribution in [0.4, 0.5) is 0 Å². The smallest absolute Gasteiger partial charge is 0.164 e. The first-order valence-corrected chi connectivity index (χ1v) is 23.7. The van der Waals surface area contributed by atoms with E-state index in [0.29, 0.717) is 17.5 Å². The van der Waals surface area contributed by atoms with E-state index >= 15 is 0 Å². The predicted molar refractivity (Wildman–Crippen MR) is 275 cm³/mol. The van der Waals surface area contributed by atoms with E-state index < -0.39 is 10.8 Å². The summed E-state index contributed by atoms with van der Waals surface area (Å²) in [4.78, 5) is 17.0. The second-order valence-corrected chi connectivity index (χ2v) is 18.8. The molecular weight excluding hydrogens is 831 g/mol. The van der Waals surface area contributed by atoms with Gasteiger partial charge in [-0.3, -0.25) is 0 Å². The lowest BCUT2D eigenvalue weighted by Gasteiger charge is -2.49. The molecule has 0 unspecified atom stereocenters. The highest BCUT2D eigenvalue weighted by Gasteiger charge is 2.59. The van der Waals surface area contributed by atoms with Crippen LogP contribution in [0.3, 0.4) is 0 Å². The number of benzene rings is 9. The van der Waals surface area contributed by atoms with Crippen LogP contribution in [0.1, 0.15) is 50.1 Å². The van der Waals surface area contributed by atoms with Crippen molar-refractivity contribution in [3.05, 3.63) is 280 Å². The van der Waals surface area contributed by atoms with Gasteiger partial charge < -0.3 is 0 Å². The van der Waals surface area contributed by atoms with Gasteiger partial charge in [0, 0.05) is 21.6 Å². The van der Waals surface area contributed by atoms with Crippen molar-refractivity contribution in [3.8, 4) is 56.4 Å². The van der Waals surface area contributed by atoms with Crippen molar-refractivity contribution in [3.63, 3.8) is 0 Å². The standard InChI is InChI=1S/C63H39N3S/c1-39-18-15-16-37-67-58-43(39)34-35-47-49-38-42(60-64-59(41-20-3-2-4-21-41)65-61(66-60)48-26-17-22-40-19-5-6-23-44(40)48)33-36-52(49)63(57(47)58)55-31-13-11-29-53(55)62(54-30-12-14-32-56(54)63)50-27-9-7-24-45(50)46-25-8-10-28-51(46)62/h2-38H,1H2/b18-15-,37-16-. The van der Waals surface area contributed by atoms with Crippen LogP contribution in [0.15, 0.2) is 235 Å². The quantitative estimate of drug-likeness (QED) is 0.177. The summed E-state index contributed by atoms with van der Waals surface area (Å²) in [5, 5.41) is 4.47. The Hall–Kier alpha value is -8.18. The summed E-state index contributed by atoms with van der Waals surface area (Å²) in [5.74, 6) is 1.91. The van der Waals surface area contributed by atoms with Gasteiger partial charge in [0.1, 0.15) is 0 Å². The molecule has 0 amide bonds. The number of allylic oxidation sites excluding steroid dienone is 4. The highest BCUT2D eigenvalue weighted by Crippen LogP contribution is 2.69.